The van der Waals surface area contributed by atoms with Gasteiger partial charge in [-0.2, -0.15) is 0 Å². The number of hydrogen-bond donors (Lipinski definition) is 1. The molecule has 0 saturated carbocycles. The number of carbonyl (C=O) groups excluding carboxylic acids is 2. The zero-order valence-electron chi connectivity index (χ0n) is 14.4. The molecule has 4 rings (SSSR count). The fraction of sp³-hybridized carbons (Fsp3) is 0.0476. The molecule has 1 aliphatic heterocycles. The van der Waals surface area contributed by atoms with Crippen molar-refractivity contribution in [2.45, 2.75) is 9.79 Å². The Labute approximate surface area is 160 Å². The molecule has 1 aliphatic rings. The number of hydrogen-bond acceptors (Lipinski definition) is 3. The average Bonchev–Trinajstić information content (AvgIpc) is 2.77. The van der Waals surface area contributed by atoms with Gasteiger partial charge in [0.05, 0.1) is 16.8 Å². The van der Waals surface area contributed by atoms with E-state index in [-0.39, 0.29) is 11.5 Å². The lowest BCUT2D eigenvalue weighted by Gasteiger charge is -2.18. The van der Waals surface area contributed by atoms with Crippen molar-refractivity contribution >= 4 is 35.0 Å². The second-order valence-corrected chi connectivity index (χ2v) is 7.16. The van der Waals surface area contributed by atoms with Gasteiger partial charge in [0.1, 0.15) is 5.82 Å². The molecule has 3 aromatic carbocycles. The Hall–Kier alpha value is -3.12. The number of fused-ring (bicyclic) bond motifs is 2. The summed E-state index contributed by atoms with van der Waals surface area (Å²) < 4.78 is 13.8. The summed E-state index contributed by atoms with van der Waals surface area (Å²) in [6.07, 6.45) is 0. The number of halogens is 1. The van der Waals surface area contributed by atoms with Gasteiger partial charge in [-0.1, -0.05) is 36.0 Å². The zero-order chi connectivity index (χ0) is 19.0. The fourth-order valence-electron chi connectivity index (χ4n) is 2.94. The maximum absolute atomic E-state index is 13.8. The fourth-order valence-corrected chi connectivity index (χ4v) is 4.08. The van der Waals surface area contributed by atoms with Crippen LogP contribution in [0, 0.1) is 5.82 Å². The van der Waals surface area contributed by atoms with Crippen molar-refractivity contribution < 1.29 is 14.0 Å². The normalized spacial score (nSPS) is 12.8. The molecule has 0 atom stereocenters. The van der Waals surface area contributed by atoms with E-state index in [1.165, 1.54) is 30.0 Å². The third-order valence-corrected chi connectivity index (χ3v) is 5.46. The van der Waals surface area contributed by atoms with Crippen LogP contribution in [0.15, 0.2) is 76.5 Å². The summed E-state index contributed by atoms with van der Waals surface area (Å²) in [6.45, 7) is 0. The lowest BCUT2D eigenvalue weighted by molar-refractivity contribution is 0.0988. The van der Waals surface area contributed by atoms with Crippen molar-refractivity contribution in [1.29, 1.82) is 0 Å². The molecule has 6 heteroatoms. The van der Waals surface area contributed by atoms with E-state index in [0.29, 0.717) is 11.3 Å². The van der Waals surface area contributed by atoms with Crippen LogP contribution >= 0.6 is 11.8 Å². The minimum absolute atomic E-state index is 0.0160. The average molecular weight is 378 g/mol. The van der Waals surface area contributed by atoms with Gasteiger partial charge in [-0.25, -0.2) is 4.39 Å². The van der Waals surface area contributed by atoms with Crippen molar-refractivity contribution in [2.24, 2.45) is 0 Å². The van der Waals surface area contributed by atoms with Gasteiger partial charge in [-0.3, -0.25) is 9.59 Å². The first-order valence-corrected chi connectivity index (χ1v) is 9.11. The Morgan fingerprint density at radius 3 is 2.56 bits per heavy atom. The van der Waals surface area contributed by atoms with Crippen LogP contribution in [-0.4, -0.2) is 18.9 Å². The van der Waals surface area contributed by atoms with Gasteiger partial charge in [0.25, 0.3) is 11.8 Å². The molecule has 134 valence electrons. The van der Waals surface area contributed by atoms with Crippen molar-refractivity contribution in [1.82, 2.24) is 0 Å². The van der Waals surface area contributed by atoms with Crippen LogP contribution in [0.1, 0.15) is 20.7 Å². The summed E-state index contributed by atoms with van der Waals surface area (Å²) in [7, 11) is 1.72. The lowest BCUT2D eigenvalue weighted by atomic mass is 10.1. The van der Waals surface area contributed by atoms with Gasteiger partial charge < -0.3 is 10.2 Å². The molecule has 0 fully saturated rings. The Morgan fingerprint density at radius 2 is 1.74 bits per heavy atom. The predicted octanol–water partition coefficient (Wildman–Crippen LogP) is 4.82. The number of nitrogens with zero attached hydrogens (tertiary/aromatic N) is 1. The second-order valence-electron chi connectivity index (χ2n) is 6.08. The van der Waals surface area contributed by atoms with Crippen LogP contribution in [0.3, 0.4) is 0 Å². The SMILES string of the molecule is CN1C(=O)c2ccccc2Sc2cc(NC(=O)c3ccccc3F)ccc21. The van der Waals surface area contributed by atoms with E-state index in [2.05, 4.69) is 5.32 Å². The number of benzene rings is 3. The Balaban J connectivity index is 1.68. The molecule has 0 saturated heterocycles. The summed E-state index contributed by atoms with van der Waals surface area (Å²) in [6, 6.07) is 18.5. The Bertz CT molecular complexity index is 1070. The first-order chi connectivity index (χ1) is 13.0. The van der Waals surface area contributed by atoms with Crippen LogP contribution in [0.4, 0.5) is 15.8 Å². The summed E-state index contributed by atoms with van der Waals surface area (Å²) >= 11 is 1.46. The summed E-state index contributed by atoms with van der Waals surface area (Å²) in [5, 5.41) is 2.72. The monoisotopic (exact) mass is 378 g/mol. The van der Waals surface area contributed by atoms with E-state index in [1.54, 1.807) is 42.3 Å². The van der Waals surface area contributed by atoms with Crippen molar-refractivity contribution in [3.63, 3.8) is 0 Å². The maximum Gasteiger partial charge on any atom is 0.259 e. The number of anilines is 2. The lowest BCUT2D eigenvalue weighted by Crippen LogP contribution is -2.26. The van der Waals surface area contributed by atoms with Crippen molar-refractivity contribution in [2.75, 3.05) is 17.3 Å². The molecule has 2 amide bonds. The van der Waals surface area contributed by atoms with Crippen LogP contribution in [0.25, 0.3) is 0 Å². The quantitative estimate of drug-likeness (QED) is 0.696. The molecule has 0 bridgehead atoms. The van der Waals surface area contributed by atoms with Crippen molar-refractivity contribution in [3.05, 3.63) is 83.7 Å². The van der Waals surface area contributed by atoms with Gasteiger partial charge in [0.15, 0.2) is 0 Å². The molecule has 0 unspecified atom stereocenters. The van der Waals surface area contributed by atoms with E-state index >= 15 is 0 Å². The number of rotatable bonds is 2. The van der Waals surface area contributed by atoms with Crippen LogP contribution in [0.5, 0.6) is 0 Å². The van der Waals surface area contributed by atoms with E-state index in [9.17, 15) is 14.0 Å². The van der Waals surface area contributed by atoms with Gasteiger partial charge >= 0.3 is 0 Å². The molecule has 0 radical (unpaired) electrons. The van der Waals surface area contributed by atoms with Gasteiger partial charge in [-0.15, -0.1) is 0 Å². The van der Waals surface area contributed by atoms with Gasteiger partial charge in [-0.05, 0) is 42.5 Å². The Morgan fingerprint density at radius 1 is 1.00 bits per heavy atom. The molecule has 1 N–H and O–H groups in total. The minimum atomic E-state index is -0.571. The predicted molar refractivity (Wildman–Crippen MR) is 104 cm³/mol. The van der Waals surface area contributed by atoms with E-state index in [4.69, 9.17) is 0 Å². The summed E-state index contributed by atoms with van der Waals surface area (Å²) in [5.74, 6) is -1.17. The Kier molecular flexibility index (Phi) is 4.41. The molecular formula is C21H15FN2O2S. The standard InChI is InChI=1S/C21H15FN2O2S/c1-24-17-11-10-13(23-20(25)14-6-2-4-8-16(14)22)12-19(17)27-18-9-5-3-7-15(18)21(24)26/h2-12H,1H3,(H,23,25). The molecule has 4 nitrogen and oxygen atoms in total. The highest BCUT2D eigenvalue weighted by molar-refractivity contribution is 7.99. The van der Waals surface area contributed by atoms with Crippen molar-refractivity contribution in [3.8, 4) is 0 Å². The zero-order valence-corrected chi connectivity index (χ0v) is 15.2. The number of nitrogens with one attached hydrogen (secondary N) is 1. The third kappa shape index (κ3) is 3.19. The highest BCUT2D eigenvalue weighted by atomic mass is 32.2. The molecule has 0 spiro atoms. The highest BCUT2D eigenvalue weighted by Gasteiger charge is 2.24. The topological polar surface area (TPSA) is 49.4 Å². The van der Waals surface area contributed by atoms with Crippen LogP contribution in [0.2, 0.25) is 0 Å². The molecule has 0 aromatic heterocycles. The first-order valence-electron chi connectivity index (χ1n) is 8.29. The molecule has 27 heavy (non-hydrogen) atoms. The van der Waals surface area contributed by atoms with Crippen LogP contribution in [-0.2, 0) is 0 Å². The number of amides is 2. The smallest absolute Gasteiger partial charge is 0.259 e. The second kappa shape index (κ2) is 6.89. The largest absolute Gasteiger partial charge is 0.322 e. The molecule has 3 aromatic rings. The van der Waals surface area contributed by atoms with Crippen LogP contribution < -0.4 is 10.2 Å². The van der Waals surface area contributed by atoms with E-state index < -0.39 is 11.7 Å². The molecular weight excluding hydrogens is 363 g/mol. The van der Waals surface area contributed by atoms with E-state index in [0.717, 1.165) is 15.5 Å². The minimum Gasteiger partial charge on any atom is -0.322 e. The number of carbonyl (C=O) groups is 2. The third-order valence-electron chi connectivity index (χ3n) is 4.34. The van der Waals surface area contributed by atoms with Gasteiger partial charge in [0, 0.05) is 22.5 Å². The van der Waals surface area contributed by atoms with E-state index in [1.807, 2.05) is 18.2 Å². The maximum atomic E-state index is 13.8. The highest BCUT2D eigenvalue weighted by Crippen LogP contribution is 2.42. The molecule has 0 aliphatic carbocycles. The first kappa shape index (κ1) is 17.3. The van der Waals surface area contributed by atoms with Gasteiger partial charge in [0.2, 0.25) is 0 Å². The molecule has 1 heterocycles. The summed E-state index contributed by atoms with van der Waals surface area (Å²) in [5.41, 5.74) is 1.91. The summed E-state index contributed by atoms with van der Waals surface area (Å²) in [4.78, 5) is 28.3.